The highest BCUT2D eigenvalue weighted by Crippen LogP contribution is 2.23. The highest BCUT2D eigenvalue weighted by molar-refractivity contribution is 6.03. The number of rotatable bonds is 1. The van der Waals surface area contributed by atoms with Crippen LogP contribution in [0.4, 0.5) is 0 Å². The molecule has 0 radical (unpaired) electrons. The van der Waals surface area contributed by atoms with Crippen LogP contribution in [0, 0.1) is 6.92 Å². The van der Waals surface area contributed by atoms with Crippen molar-refractivity contribution in [2.75, 3.05) is 0 Å². The largest absolute Gasteiger partial charge is 0.411 e. The van der Waals surface area contributed by atoms with E-state index in [2.05, 4.69) is 42.4 Å². The van der Waals surface area contributed by atoms with Gasteiger partial charge in [0.2, 0.25) is 0 Å². The molecule has 1 saturated carbocycles. The summed E-state index contributed by atoms with van der Waals surface area (Å²) in [6, 6.07) is 8.41. The third-order valence-corrected chi connectivity index (χ3v) is 3.02. The van der Waals surface area contributed by atoms with Crippen molar-refractivity contribution in [1.29, 1.82) is 0 Å². The van der Waals surface area contributed by atoms with E-state index in [1.807, 2.05) is 0 Å². The molecule has 2 heteroatoms. The van der Waals surface area contributed by atoms with Gasteiger partial charge in [0.05, 0.1) is 5.71 Å². The fourth-order valence-corrected chi connectivity index (χ4v) is 2.05. The zero-order valence-corrected chi connectivity index (χ0v) is 9.61. The van der Waals surface area contributed by atoms with E-state index >= 15 is 0 Å². The van der Waals surface area contributed by atoms with Gasteiger partial charge in [0, 0.05) is 0 Å². The number of nitrogens with zero attached hydrogens (tertiary/aromatic N) is 1. The van der Waals surface area contributed by atoms with Gasteiger partial charge in [0.25, 0.3) is 0 Å². The third kappa shape index (κ3) is 2.51. The maximum absolute atomic E-state index is 8.93. The second-order valence-electron chi connectivity index (χ2n) is 4.33. The molecule has 0 saturated heterocycles. The number of hydrogen-bond donors (Lipinski definition) is 1. The maximum Gasteiger partial charge on any atom is 0.0827 e. The van der Waals surface area contributed by atoms with Crippen LogP contribution in [0.1, 0.15) is 36.8 Å². The highest BCUT2D eigenvalue weighted by atomic mass is 16.4. The van der Waals surface area contributed by atoms with Gasteiger partial charge < -0.3 is 5.21 Å². The second-order valence-corrected chi connectivity index (χ2v) is 4.33. The fraction of sp³-hybridized carbons (Fsp3) is 0.357. The predicted molar refractivity (Wildman–Crippen MR) is 66.8 cm³/mol. The van der Waals surface area contributed by atoms with Crippen molar-refractivity contribution in [1.82, 2.24) is 0 Å². The molecule has 1 fully saturated rings. The molecule has 0 atom stereocenters. The lowest BCUT2D eigenvalue weighted by atomic mass is 9.91. The molecule has 1 aromatic carbocycles. The second kappa shape index (κ2) is 4.97. The Morgan fingerprint density at radius 1 is 1.12 bits per heavy atom. The van der Waals surface area contributed by atoms with Crippen LogP contribution in [0.3, 0.4) is 0 Å². The monoisotopic (exact) mass is 215 g/mol. The minimum Gasteiger partial charge on any atom is -0.411 e. The summed E-state index contributed by atoms with van der Waals surface area (Å²) < 4.78 is 0. The van der Waals surface area contributed by atoms with E-state index in [1.165, 1.54) is 23.1 Å². The summed E-state index contributed by atoms with van der Waals surface area (Å²) >= 11 is 0. The van der Waals surface area contributed by atoms with Crippen LogP contribution < -0.4 is 0 Å². The van der Waals surface area contributed by atoms with Crippen molar-refractivity contribution < 1.29 is 5.21 Å². The lowest BCUT2D eigenvalue weighted by molar-refractivity contribution is 0.316. The van der Waals surface area contributed by atoms with Crippen LogP contribution in [0.25, 0.3) is 6.08 Å². The average molecular weight is 215 g/mol. The van der Waals surface area contributed by atoms with Crippen molar-refractivity contribution in [3.05, 3.63) is 41.0 Å². The van der Waals surface area contributed by atoms with Gasteiger partial charge >= 0.3 is 0 Å². The SMILES string of the molecule is Cc1ccc(/C=C2/CCCC/C2=N/O)cc1. The van der Waals surface area contributed by atoms with Gasteiger partial charge in [0.1, 0.15) is 0 Å². The minimum atomic E-state index is 0.854. The molecule has 0 amide bonds. The standard InChI is InChI=1S/C14H17NO/c1-11-6-8-12(9-7-11)10-13-4-2-3-5-14(13)15-16/h6-10,16H,2-5H2,1H3/b13-10-,15-14-. The first-order valence-corrected chi connectivity index (χ1v) is 5.78. The van der Waals surface area contributed by atoms with Crippen LogP contribution in [-0.2, 0) is 0 Å². The third-order valence-electron chi connectivity index (χ3n) is 3.02. The van der Waals surface area contributed by atoms with E-state index in [4.69, 9.17) is 5.21 Å². The van der Waals surface area contributed by atoms with Gasteiger partial charge in [-0.25, -0.2) is 0 Å². The van der Waals surface area contributed by atoms with Gasteiger partial charge in [-0.1, -0.05) is 35.0 Å². The molecule has 2 rings (SSSR count). The first-order valence-electron chi connectivity index (χ1n) is 5.78. The number of allylic oxidation sites excluding steroid dienone is 1. The Labute approximate surface area is 96.3 Å². The van der Waals surface area contributed by atoms with Crippen LogP contribution in [-0.4, -0.2) is 10.9 Å². The fourth-order valence-electron chi connectivity index (χ4n) is 2.05. The molecule has 84 valence electrons. The van der Waals surface area contributed by atoms with Gasteiger partial charge in [-0.15, -0.1) is 0 Å². The lowest BCUT2D eigenvalue weighted by Crippen LogP contribution is -2.08. The topological polar surface area (TPSA) is 32.6 Å². The number of benzene rings is 1. The molecule has 1 aliphatic rings. The summed E-state index contributed by atoms with van der Waals surface area (Å²) in [6.45, 7) is 2.08. The number of hydrogen-bond acceptors (Lipinski definition) is 2. The predicted octanol–water partition coefficient (Wildman–Crippen LogP) is 3.78. The van der Waals surface area contributed by atoms with Crippen LogP contribution >= 0.6 is 0 Å². The van der Waals surface area contributed by atoms with Gasteiger partial charge in [0.15, 0.2) is 0 Å². The maximum atomic E-state index is 8.93. The molecule has 0 aliphatic heterocycles. The molecule has 0 unspecified atom stereocenters. The zero-order valence-electron chi connectivity index (χ0n) is 9.61. The molecule has 1 aliphatic carbocycles. The van der Waals surface area contributed by atoms with Crippen LogP contribution in [0.5, 0.6) is 0 Å². The number of aryl methyl sites for hydroxylation is 1. The van der Waals surface area contributed by atoms with Gasteiger partial charge in [-0.3, -0.25) is 0 Å². The zero-order chi connectivity index (χ0) is 11.4. The van der Waals surface area contributed by atoms with Crippen molar-refractivity contribution in [2.45, 2.75) is 32.6 Å². The molecule has 16 heavy (non-hydrogen) atoms. The van der Waals surface area contributed by atoms with Crippen molar-refractivity contribution in [2.24, 2.45) is 5.16 Å². The van der Waals surface area contributed by atoms with Crippen molar-refractivity contribution in [3.8, 4) is 0 Å². The summed E-state index contributed by atoms with van der Waals surface area (Å²) in [5.74, 6) is 0. The van der Waals surface area contributed by atoms with E-state index in [9.17, 15) is 0 Å². The Hall–Kier alpha value is -1.57. The minimum absolute atomic E-state index is 0.854. The Morgan fingerprint density at radius 2 is 1.81 bits per heavy atom. The highest BCUT2D eigenvalue weighted by Gasteiger charge is 2.13. The summed E-state index contributed by atoms with van der Waals surface area (Å²) in [7, 11) is 0. The molecule has 0 spiro atoms. The molecular formula is C14H17NO. The molecule has 0 bridgehead atoms. The Kier molecular flexibility index (Phi) is 3.40. The van der Waals surface area contributed by atoms with E-state index in [0.29, 0.717) is 0 Å². The smallest absolute Gasteiger partial charge is 0.0827 e. The molecular weight excluding hydrogens is 198 g/mol. The molecule has 0 heterocycles. The quantitative estimate of drug-likeness (QED) is 0.561. The van der Waals surface area contributed by atoms with Gasteiger partial charge in [-0.2, -0.15) is 0 Å². The van der Waals surface area contributed by atoms with Gasteiger partial charge in [-0.05, 0) is 49.8 Å². The van der Waals surface area contributed by atoms with Crippen molar-refractivity contribution in [3.63, 3.8) is 0 Å². The molecule has 1 N–H and O–H groups in total. The van der Waals surface area contributed by atoms with E-state index in [0.717, 1.165) is 25.0 Å². The lowest BCUT2D eigenvalue weighted by Gasteiger charge is -2.15. The Bertz CT molecular complexity index is 415. The first kappa shape index (κ1) is 10.9. The number of oxime groups is 1. The molecule has 0 aromatic heterocycles. The first-order chi connectivity index (χ1) is 7.79. The summed E-state index contributed by atoms with van der Waals surface area (Å²) in [5, 5.41) is 12.3. The van der Waals surface area contributed by atoms with Crippen molar-refractivity contribution >= 4 is 11.8 Å². The molecule has 2 nitrogen and oxygen atoms in total. The van der Waals surface area contributed by atoms with E-state index in [-0.39, 0.29) is 0 Å². The van der Waals surface area contributed by atoms with E-state index < -0.39 is 0 Å². The summed E-state index contributed by atoms with van der Waals surface area (Å²) in [4.78, 5) is 0. The Balaban J connectivity index is 2.25. The summed E-state index contributed by atoms with van der Waals surface area (Å²) in [5.41, 5.74) is 4.48. The Morgan fingerprint density at radius 3 is 2.50 bits per heavy atom. The average Bonchev–Trinajstić information content (AvgIpc) is 2.33. The molecule has 1 aromatic rings. The van der Waals surface area contributed by atoms with E-state index in [1.54, 1.807) is 0 Å². The van der Waals surface area contributed by atoms with Crippen LogP contribution in [0.2, 0.25) is 0 Å². The van der Waals surface area contributed by atoms with Crippen LogP contribution in [0.15, 0.2) is 35.0 Å². The normalized spacial score (nSPS) is 21.6. The summed E-state index contributed by atoms with van der Waals surface area (Å²) in [6.07, 6.45) is 6.37.